The summed E-state index contributed by atoms with van der Waals surface area (Å²) in [7, 11) is -4.14. The van der Waals surface area contributed by atoms with Gasteiger partial charge in [0.2, 0.25) is 0 Å². The highest BCUT2D eigenvalue weighted by Crippen LogP contribution is 2.42. The van der Waals surface area contributed by atoms with E-state index in [0.717, 1.165) is 0 Å². The SMILES string of the molecule is [N]P(=O)(Oc1ccccc1)Oc1ccccc1. The lowest BCUT2D eigenvalue weighted by molar-refractivity contribution is 0.385. The topological polar surface area (TPSA) is 57.8 Å². The Bertz CT molecular complexity index is 470. The average Bonchev–Trinajstić information content (AvgIpc) is 2.30. The molecule has 0 saturated carbocycles. The maximum Gasteiger partial charge on any atom is 0.547 e. The standard InChI is InChI=1S/C12H10NO3P/c13-17(14,15-11-7-3-1-4-8-11)16-12-9-5-2-6-10-12/h1-10H. The molecule has 0 spiro atoms. The lowest BCUT2D eigenvalue weighted by Crippen LogP contribution is -2.01. The van der Waals surface area contributed by atoms with E-state index < -0.39 is 7.75 Å². The number of hydrogen-bond acceptors (Lipinski definition) is 3. The van der Waals surface area contributed by atoms with Gasteiger partial charge in [-0.05, 0) is 24.3 Å². The fourth-order valence-corrected chi connectivity index (χ4v) is 2.06. The van der Waals surface area contributed by atoms with E-state index >= 15 is 0 Å². The van der Waals surface area contributed by atoms with Crippen molar-refractivity contribution in [2.75, 3.05) is 0 Å². The highest BCUT2D eigenvalue weighted by Gasteiger charge is 2.24. The van der Waals surface area contributed by atoms with Crippen molar-refractivity contribution in [1.82, 2.24) is 5.50 Å². The lowest BCUT2D eigenvalue weighted by Gasteiger charge is -2.12. The van der Waals surface area contributed by atoms with Crippen LogP contribution in [-0.2, 0) is 4.57 Å². The number of para-hydroxylation sites is 2. The van der Waals surface area contributed by atoms with E-state index in [1.165, 1.54) is 0 Å². The summed E-state index contributed by atoms with van der Waals surface area (Å²) >= 11 is 0. The quantitative estimate of drug-likeness (QED) is 0.778. The van der Waals surface area contributed by atoms with Crippen molar-refractivity contribution in [1.29, 1.82) is 0 Å². The van der Waals surface area contributed by atoms with Gasteiger partial charge in [0.05, 0.1) is 0 Å². The summed E-state index contributed by atoms with van der Waals surface area (Å²) in [6.45, 7) is 0. The van der Waals surface area contributed by atoms with Crippen LogP contribution in [0.3, 0.4) is 0 Å². The molecule has 86 valence electrons. The maximum atomic E-state index is 11.7. The fourth-order valence-electron chi connectivity index (χ4n) is 1.25. The van der Waals surface area contributed by atoms with Crippen LogP contribution in [0.5, 0.6) is 11.5 Å². The molecule has 17 heavy (non-hydrogen) atoms. The Kier molecular flexibility index (Phi) is 3.47. The molecule has 0 amide bonds. The van der Waals surface area contributed by atoms with Crippen molar-refractivity contribution >= 4 is 7.75 Å². The zero-order valence-corrected chi connectivity index (χ0v) is 9.79. The third kappa shape index (κ3) is 3.63. The third-order valence-electron chi connectivity index (χ3n) is 1.93. The molecule has 2 aromatic carbocycles. The van der Waals surface area contributed by atoms with Crippen molar-refractivity contribution in [2.24, 2.45) is 0 Å². The first-order valence-corrected chi connectivity index (χ1v) is 6.47. The molecule has 2 radical (unpaired) electrons. The second kappa shape index (κ2) is 5.04. The lowest BCUT2D eigenvalue weighted by atomic mass is 10.3. The summed E-state index contributed by atoms with van der Waals surface area (Å²) in [5, 5.41) is 0. The average molecular weight is 247 g/mol. The van der Waals surface area contributed by atoms with Gasteiger partial charge in [-0.2, -0.15) is 0 Å². The van der Waals surface area contributed by atoms with Crippen LogP contribution in [0, 0.1) is 0 Å². The normalized spacial score (nSPS) is 10.9. The summed E-state index contributed by atoms with van der Waals surface area (Å²) in [5.41, 5.74) is 9.53. The van der Waals surface area contributed by atoms with Gasteiger partial charge < -0.3 is 9.05 Å². The van der Waals surface area contributed by atoms with E-state index in [1.54, 1.807) is 60.7 Å². The Morgan fingerprint density at radius 1 is 0.765 bits per heavy atom. The Balaban J connectivity index is 2.07. The van der Waals surface area contributed by atoms with Crippen LogP contribution in [0.25, 0.3) is 0 Å². The van der Waals surface area contributed by atoms with E-state index in [9.17, 15) is 10.1 Å². The predicted molar refractivity (Wildman–Crippen MR) is 63.9 cm³/mol. The first kappa shape index (κ1) is 11.7. The zero-order chi connectivity index (χ0) is 12.1. The minimum absolute atomic E-state index is 0.286. The second-order valence-electron chi connectivity index (χ2n) is 3.28. The molecule has 0 bridgehead atoms. The Hall–Kier alpha value is -1.77. The van der Waals surface area contributed by atoms with Crippen molar-refractivity contribution < 1.29 is 13.6 Å². The third-order valence-corrected chi connectivity index (χ3v) is 2.81. The van der Waals surface area contributed by atoms with Crippen LogP contribution in [-0.4, -0.2) is 0 Å². The molecule has 0 N–H and O–H groups in total. The molecule has 0 unspecified atom stereocenters. The van der Waals surface area contributed by atoms with Crippen molar-refractivity contribution in [3.63, 3.8) is 0 Å². The van der Waals surface area contributed by atoms with Gasteiger partial charge in [0.1, 0.15) is 11.5 Å². The molecule has 2 aromatic rings. The molecular weight excluding hydrogens is 237 g/mol. The summed E-state index contributed by atoms with van der Waals surface area (Å²) in [4.78, 5) is 0. The number of hydrogen-bond donors (Lipinski definition) is 0. The van der Waals surface area contributed by atoms with Gasteiger partial charge in [-0.15, -0.1) is 0 Å². The Morgan fingerprint density at radius 2 is 1.12 bits per heavy atom. The van der Waals surface area contributed by atoms with Gasteiger partial charge in [0.25, 0.3) is 0 Å². The van der Waals surface area contributed by atoms with Gasteiger partial charge in [-0.25, -0.2) is 4.57 Å². The maximum absolute atomic E-state index is 11.7. The van der Waals surface area contributed by atoms with Crippen molar-refractivity contribution in [2.45, 2.75) is 0 Å². The molecule has 0 aromatic heterocycles. The molecule has 0 atom stereocenters. The summed E-state index contributed by atoms with van der Waals surface area (Å²) in [6.07, 6.45) is 0. The van der Waals surface area contributed by atoms with E-state index in [1.807, 2.05) is 0 Å². The molecule has 0 aliphatic heterocycles. The van der Waals surface area contributed by atoms with Crippen LogP contribution >= 0.6 is 7.75 Å². The second-order valence-corrected chi connectivity index (χ2v) is 4.58. The highest BCUT2D eigenvalue weighted by molar-refractivity contribution is 7.51. The molecule has 5 heteroatoms. The smallest absolute Gasteiger partial charge is 0.403 e. The first-order chi connectivity index (χ1) is 8.16. The Morgan fingerprint density at radius 3 is 1.47 bits per heavy atom. The fraction of sp³-hybridized carbons (Fsp3) is 0. The molecule has 4 nitrogen and oxygen atoms in total. The van der Waals surface area contributed by atoms with E-state index in [0.29, 0.717) is 0 Å². The highest BCUT2D eigenvalue weighted by atomic mass is 31.2. The summed E-state index contributed by atoms with van der Waals surface area (Å²) < 4.78 is 21.5. The Labute approximate surface area is 99.6 Å². The van der Waals surface area contributed by atoms with E-state index in [2.05, 4.69) is 0 Å². The van der Waals surface area contributed by atoms with E-state index in [4.69, 9.17) is 9.05 Å². The molecule has 0 fully saturated rings. The zero-order valence-electron chi connectivity index (χ0n) is 8.89. The molecule has 0 saturated heterocycles. The van der Waals surface area contributed by atoms with Crippen molar-refractivity contribution in [3.8, 4) is 11.5 Å². The van der Waals surface area contributed by atoms with Gasteiger partial charge in [-0.3, -0.25) is 0 Å². The number of rotatable bonds is 4. The summed E-state index contributed by atoms with van der Waals surface area (Å²) in [5.74, 6) is 0.573. The van der Waals surface area contributed by atoms with Crippen LogP contribution in [0.4, 0.5) is 0 Å². The number of nitrogens with zero attached hydrogens (tertiary/aromatic N) is 1. The van der Waals surface area contributed by atoms with E-state index in [-0.39, 0.29) is 11.5 Å². The molecule has 0 aliphatic carbocycles. The molecule has 0 heterocycles. The van der Waals surface area contributed by atoms with Gasteiger partial charge >= 0.3 is 7.75 Å². The van der Waals surface area contributed by atoms with Gasteiger partial charge in [0.15, 0.2) is 0 Å². The van der Waals surface area contributed by atoms with Crippen LogP contribution in [0.15, 0.2) is 60.7 Å². The largest absolute Gasteiger partial charge is 0.547 e. The predicted octanol–water partition coefficient (Wildman–Crippen LogP) is 3.32. The molecule has 0 aliphatic rings. The van der Waals surface area contributed by atoms with Crippen LogP contribution in [0.2, 0.25) is 0 Å². The molecular formula is C12H10NO3P. The van der Waals surface area contributed by atoms with Crippen LogP contribution in [0.1, 0.15) is 0 Å². The minimum Gasteiger partial charge on any atom is -0.403 e. The summed E-state index contributed by atoms with van der Waals surface area (Å²) in [6, 6.07) is 16.7. The van der Waals surface area contributed by atoms with Gasteiger partial charge in [-0.1, -0.05) is 36.4 Å². The minimum atomic E-state index is -4.14. The number of benzene rings is 2. The van der Waals surface area contributed by atoms with Crippen molar-refractivity contribution in [3.05, 3.63) is 60.7 Å². The first-order valence-electron chi connectivity index (χ1n) is 4.98. The molecule has 2 rings (SSSR count). The monoisotopic (exact) mass is 247 g/mol. The van der Waals surface area contributed by atoms with Crippen LogP contribution < -0.4 is 14.6 Å². The van der Waals surface area contributed by atoms with Gasteiger partial charge in [0, 0.05) is 5.50 Å².